The minimum atomic E-state index is 0.722. The molecule has 0 aromatic heterocycles. The molecular formula is C18H22N2. The van der Waals surface area contributed by atoms with Crippen LogP contribution >= 0.6 is 0 Å². The molecule has 2 heteroatoms. The summed E-state index contributed by atoms with van der Waals surface area (Å²) in [5, 5.41) is 3.21. The van der Waals surface area contributed by atoms with Crippen molar-refractivity contribution in [1.29, 1.82) is 0 Å². The number of piperidine rings is 1. The number of hydrogen-bond acceptors (Lipinski definition) is 2. The Balaban J connectivity index is 1.66. The van der Waals surface area contributed by atoms with E-state index in [1.54, 1.807) is 0 Å². The van der Waals surface area contributed by atoms with Crippen LogP contribution in [0.4, 0.5) is 11.4 Å². The van der Waals surface area contributed by atoms with E-state index in [1.165, 1.54) is 29.8 Å². The van der Waals surface area contributed by atoms with Crippen LogP contribution in [0.1, 0.15) is 24.3 Å². The number of hydrogen-bond donors (Lipinski definition) is 1. The summed E-state index contributed by atoms with van der Waals surface area (Å²) < 4.78 is 0. The Labute approximate surface area is 121 Å². The van der Waals surface area contributed by atoms with Crippen LogP contribution in [0.5, 0.6) is 0 Å². The van der Waals surface area contributed by atoms with Crippen molar-refractivity contribution in [2.24, 2.45) is 0 Å². The molecule has 0 amide bonds. The SMILES string of the molecule is CNc1cccc(N2CCC(c3ccccc3)CC2)c1. The molecule has 1 saturated heterocycles. The zero-order valence-electron chi connectivity index (χ0n) is 12.0. The summed E-state index contributed by atoms with van der Waals surface area (Å²) in [6, 6.07) is 19.6. The van der Waals surface area contributed by atoms with Gasteiger partial charge in [-0.2, -0.15) is 0 Å². The highest BCUT2D eigenvalue weighted by molar-refractivity contribution is 5.58. The summed E-state index contributed by atoms with van der Waals surface area (Å²) in [5.41, 5.74) is 4.02. The van der Waals surface area contributed by atoms with Crippen molar-refractivity contribution in [3.05, 3.63) is 60.2 Å². The summed E-state index contributed by atoms with van der Waals surface area (Å²) in [6.07, 6.45) is 2.49. The molecule has 1 aliphatic rings. The van der Waals surface area contributed by atoms with Crippen LogP contribution in [0, 0.1) is 0 Å². The first kappa shape index (κ1) is 13.0. The smallest absolute Gasteiger partial charge is 0.0386 e. The molecule has 0 aliphatic carbocycles. The lowest BCUT2D eigenvalue weighted by Gasteiger charge is -2.34. The molecule has 2 aromatic carbocycles. The van der Waals surface area contributed by atoms with Crippen molar-refractivity contribution in [1.82, 2.24) is 0 Å². The van der Waals surface area contributed by atoms with E-state index in [4.69, 9.17) is 0 Å². The molecule has 1 heterocycles. The van der Waals surface area contributed by atoms with E-state index < -0.39 is 0 Å². The van der Waals surface area contributed by atoms with Gasteiger partial charge in [0.05, 0.1) is 0 Å². The molecule has 1 N–H and O–H groups in total. The van der Waals surface area contributed by atoms with E-state index in [-0.39, 0.29) is 0 Å². The molecule has 0 bridgehead atoms. The highest BCUT2D eigenvalue weighted by atomic mass is 15.1. The fraction of sp³-hybridized carbons (Fsp3) is 0.333. The third kappa shape index (κ3) is 2.79. The Morgan fingerprint density at radius 2 is 1.70 bits per heavy atom. The van der Waals surface area contributed by atoms with E-state index in [1.807, 2.05) is 7.05 Å². The second-order valence-corrected chi connectivity index (χ2v) is 5.47. The van der Waals surface area contributed by atoms with Crippen molar-refractivity contribution in [3.8, 4) is 0 Å². The molecule has 104 valence electrons. The molecule has 0 atom stereocenters. The van der Waals surface area contributed by atoms with Crippen molar-refractivity contribution in [2.45, 2.75) is 18.8 Å². The van der Waals surface area contributed by atoms with E-state index in [9.17, 15) is 0 Å². The molecule has 2 nitrogen and oxygen atoms in total. The lowest BCUT2D eigenvalue weighted by atomic mass is 9.89. The number of nitrogens with one attached hydrogen (secondary N) is 1. The highest BCUT2D eigenvalue weighted by Crippen LogP contribution is 2.30. The predicted octanol–water partition coefficient (Wildman–Crippen LogP) is 4.11. The quantitative estimate of drug-likeness (QED) is 0.899. The van der Waals surface area contributed by atoms with Gasteiger partial charge in [0.1, 0.15) is 0 Å². The van der Waals surface area contributed by atoms with Crippen molar-refractivity contribution >= 4 is 11.4 Å². The maximum atomic E-state index is 3.21. The van der Waals surface area contributed by atoms with Gasteiger partial charge in [0, 0.05) is 31.5 Å². The van der Waals surface area contributed by atoms with Crippen LogP contribution in [0.25, 0.3) is 0 Å². The number of anilines is 2. The zero-order valence-corrected chi connectivity index (χ0v) is 12.0. The number of nitrogens with zero attached hydrogens (tertiary/aromatic N) is 1. The van der Waals surface area contributed by atoms with Crippen LogP contribution in [-0.4, -0.2) is 20.1 Å². The Hall–Kier alpha value is -1.96. The highest BCUT2D eigenvalue weighted by Gasteiger charge is 2.20. The Morgan fingerprint density at radius 3 is 2.40 bits per heavy atom. The Kier molecular flexibility index (Phi) is 3.91. The van der Waals surface area contributed by atoms with E-state index in [0.717, 1.165) is 19.0 Å². The lowest BCUT2D eigenvalue weighted by molar-refractivity contribution is 0.505. The minimum absolute atomic E-state index is 0.722. The maximum absolute atomic E-state index is 3.21. The molecule has 2 aromatic rings. The fourth-order valence-corrected chi connectivity index (χ4v) is 3.05. The van der Waals surface area contributed by atoms with Crippen molar-refractivity contribution < 1.29 is 0 Å². The number of benzene rings is 2. The van der Waals surface area contributed by atoms with Gasteiger partial charge in [-0.15, -0.1) is 0 Å². The van der Waals surface area contributed by atoms with Gasteiger partial charge in [0.25, 0.3) is 0 Å². The minimum Gasteiger partial charge on any atom is -0.388 e. The molecule has 0 saturated carbocycles. The molecular weight excluding hydrogens is 244 g/mol. The van der Waals surface area contributed by atoms with Gasteiger partial charge in [-0.3, -0.25) is 0 Å². The topological polar surface area (TPSA) is 15.3 Å². The van der Waals surface area contributed by atoms with Crippen LogP contribution in [0.2, 0.25) is 0 Å². The summed E-state index contributed by atoms with van der Waals surface area (Å²) in [6.45, 7) is 2.29. The first-order valence-corrected chi connectivity index (χ1v) is 7.44. The van der Waals surface area contributed by atoms with Gasteiger partial charge < -0.3 is 10.2 Å². The molecule has 0 spiro atoms. The van der Waals surface area contributed by atoms with Gasteiger partial charge >= 0.3 is 0 Å². The third-order valence-electron chi connectivity index (χ3n) is 4.27. The van der Waals surface area contributed by atoms with E-state index in [0.29, 0.717) is 0 Å². The Bertz CT molecular complexity index is 542. The van der Waals surface area contributed by atoms with Crippen LogP contribution in [0.15, 0.2) is 54.6 Å². The molecule has 1 fully saturated rings. The van der Waals surface area contributed by atoms with Crippen LogP contribution in [-0.2, 0) is 0 Å². The van der Waals surface area contributed by atoms with Gasteiger partial charge in [-0.1, -0.05) is 36.4 Å². The normalized spacial score (nSPS) is 16.1. The summed E-state index contributed by atoms with van der Waals surface area (Å²) in [5.74, 6) is 0.722. The third-order valence-corrected chi connectivity index (χ3v) is 4.27. The molecule has 0 unspecified atom stereocenters. The zero-order chi connectivity index (χ0) is 13.8. The van der Waals surface area contributed by atoms with Crippen molar-refractivity contribution in [3.63, 3.8) is 0 Å². The molecule has 20 heavy (non-hydrogen) atoms. The van der Waals surface area contributed by atoms with Gasteiger partial charge in [0.15, 0.2) is 0 Å². The molecule has 1 aliphatic heterocycles. The molecule has 3 rings (SSSR count). The lowest BCUT2D eigenvalue weighted by Crippen LogP contribution is -2.32. The van der Waals surface area contributed by atoms with Crippen LogP contribution < -0.4 is 10.2 Å². The van der Waals surface area contributed by atoms with Gasteiger partial charge in [-0.05, 0) is 42.5 Å². The molecule has 0 radical (unpaired) electrons. The van der Waals surface area contributed by atoms with E-state index >= 15 is 0 Å². The first-order valence-electron chi connectivity index (χ1n) is 7.44. The average Bonchev–Trinajstić information content (AvgIpc) is 2.56. The second kappa shape index (κ2) is 6.00. The van der Waals surface area contributed by atoms with Gasteiger partial charge in [0.2, 0.25) is 0 Å². The number of rotatable bonds is 3. The van der Waals surface area contributed by atoms with Crippen LogP contribution in [0.3, 0.4) is 0 Å². The Morgan fingerprint density at radius 1 is 0.950 bits per heavy atom. The predicted molar refractivity (Wildman–Crippen MR) is 86.6 cm³/mol. The summed E-state index contributed by atoms with van der Waals surface area (Å²) in [4.78, 5) is 2.50. The first-order chi connectivity index (χ1) is 9.86. The average molecular weight is 266 g/mol. The summed E-state index contributed by atoms with van der Waals surface area (Å²) >= 11 is 0. The monoisotopic (exact) mass is 266 g/mol. The maximum Gasteiger partial charge on any atom is 0.0386 e. The second-order valence-electron chi connectivity index (χ2n) is 5.47. The largest absolute Gasteiger partial charge is 0.388 e. The van der Waals surface area contributed by atoms with Gasteiger partial charge in [-0.25, -0.2) is 0 Å². The standard InChI is InChI=1S/C18H22N2/c1-19-17-8-5-9-18(14-17)20-12-10-16(11-13-20)15-6-3-2-4-7-15/h2-9,14,16,19H,10-13H2,1H3. The van der Waals surface area contributed by atoms with Crippen molar-refractivity contribution in [2.75, 3.05) is 30.4 Å². The summed E-state index contributed by atoms with van der Waals surface area (Å²) in [7, 11) is 1.97. The fourth-order valence-electron chi connectivity index (χ4n) is 3.05. The van der Waals surface area contributed by atoms with E-state index in [2.05, 4.69) is 64.8 Å².